The molecule has 1 atom stereocenters. The van der Waals surface area contributed by atoms with Crippen LogP contribution in [0.3, 0.4) is 0 Å². The molecular weight excluding hydrogens is 469 g/mol. The van der Waals surface area contributed by atoms with E-state index in [0.29, 0.717) is 20.7 Å². The van der Waals surface area contributed by atoms with Crippen molar-refractivity contribution in [1.29, 1.82) is 0 Å². The van der Waals surface area contributed by atoms with Crippen LogP contribution in [-0.4, -0.2) is 29.3 Å². The lowest BCUT2D eigenvalue weighted by Gasteiger charge is -2.22. The maximum atomic E-state index is 12.9. The normalized spacial score (nSPS) is 19.0. The van der Waals surface area contributed by atoms with Gasteiger partial charge in [0.1, 0.15) is 12.1 Å². The van der Waals surface area contributed by atoms with E-state index in [1.165, 1.54) is 6.07 Å². The van der Waals surface area contributed by atoms with E-state index in [-0.39, 0.29) is 5.02 Å². The number of aryl methyl sites for hydroxylation is 1. The SMILES string of the molecule is Cc1ccc(NC(=O)CN2C(=O)NC(C)(c3ccc(Cl)c(Cl)c3)C2=O)c(Br)c1. The van der Waals surface area contributed by atoms with Crippen molar-refractivity contribution in [2.75, 3.05) is 11.9 Å². The molecule has 3 rings (SSSR count). The molecule has 9 heteroatoms. The summed E-state index contributed by atoms with van der Waals surface area (Å²) in [5.74, 6) is -1.04. The van der Waals surface area contributed by atoms with Crippen molar-refractivity contribution in [3.05, 3.63) is 62.0 Å². The topological polar surface area (TPSA) is 78.5 Å². The maximum absolute atomic E-state index is 12.9. The lowest BCUT2D eigenvalue weighted by atomic mass is 9.92. The Morgan fingerprint density at radius 3 is 2.54 bits per heavy atom. The van der Waals surface area contributed by atoms with Crippen molar-refractivity contribution in [1.82, 2.24) is 10.2 Å². The lowest BCUT2D eigenvalue weighted by molar-refractivity contribution is -0.133. The summed E-state index contributed by atoms with van der Waals surface area (Å²) in [6, 6.07) is 9.46. The zero-order valence-electron chi connectivity index (χ0n) is 15.0. The van der Waals surface area contributed by atoms with Gasteiger partial charge in [-0.3, -0.25) is 14.5 Å². The molecule has 0 saturated carbocycles. The fourth-order valence-corrected chi connectivity index (χ4v) is 3.79. The van der Waals surface area contributed by atoms with Gasteiger partial charge in [-0.05, 0) is 65.2 Å². The monoisotopic (exact) mass is 483 g/mol. The average Bonchev–Trinajstić information content (AvgIpc) is 2.84. The molecule has 1 fully saturated rings. The number of carbonyl (C=O) groups excluding carboxylic acids is 3. The average molecular weight is 485 g/mol. The van der Waals surface area contributed by atoms with Gasteiger partial charge in [0.25, 0.3) is 5.91 Å². The number of benzene rings is 2. The molecule has 0 bridgehead atoms. The molecule has 2 N–H and O–H groups in total. The first-order valence-corrected chi connectivity index (χ1v) is 9.82. The molecular formula is C19H16BrCl2N3O3. The molecule has 0 aliphatic carbocycles. The van der Waals surface area contributed by atoms with E-state index in [2.05, 4.69) is 26.6 Å². The number of carbonyl (C=O) groups is 3. The van der Waals surface area contributed by atoms with Crippen LogP contribution in [0, 0.1) is 6.92 Å². The molecule has 4 amide bonds. The Morgan fingerprint density at radius 1 is 1.18 bits per heavy atom. The Kier molecular flexibility index (Phi) is 5.70. The summed E-state index contributed by atoms with van der Waals surface area (Å²) in [6.45, 7) is 3.07. The number of halogens is 3. The zero-order valence-corrected chi connectivity index (χ0v) is 18.1. The first kappa shape index (κ1) is 20.6. The molecule has 0 radical (unpaired) electrons. The summed E-state index contributed by atoms with van der Waals surface area (Å²) in [4.78, 5) is 38.6. The molecule has 1 unspecified atom stereocenters. The quantitative estimate of drug-likeness (QED) is 0.628. The second-order valence-electron chi connectivity index (χ2n) is 6.61. The highest BCUT2D eigenvalue weighted by Gasteiger charge is 2.49. The number of hydrogen-bond donors (Lipinski definition) is 2. The van der Waals surface area contributed by atoms with Gasteiger partial charge in [0.05, 0.1) is 15.7 Å². The Bertz CT molecular complexity index is 998. The van der Waals surface area contributed by atoms with Crippen LogP contribution in [0.15, 0.2) is 40.9 Å². The van der Waals surface area contributed by atoms with E-state index in [9.17, 15) is 14.4 Å². The smallest absolute Gasteiger partial charge is 0.323 e. The molecule has 2 aromatic rings. The predicted molar refractivity (Wildman–Crippen MR) is 112 cm³/mol. The number of anilines is 1. The molecule has 146 valence electrons. The van der Waals surface area contributed by atoms with Crippen LogP contribution in [0.4, 0.5) is 10.5 Å². The number of imide groups is 1. The highest BCUT2D eigenvalue weighted by molar-refractivity contribution is 9.10. The highest BCUT2D eigenvalue weighted by atomic mass is 79.9. The van der Waals surface area contributed by atoms with Crippen molar-refractivity contribution in [2.45, 2.75) is 19.4 Å². The molecule has 0 aromatic heterocycles. The second-order valence-corrected chi connectivity index (χ2v) is 8.28. The van der Waals surface area contributed by atoms with Gasteiger partial charge in [-0.1, -0.05) is 35.3 Å². The zero-order chi connectivity index (χ0) is 20.6. The minimum Gasteiger partial charge on any atom is -0.323 e. The largest absolute Gasteiger partial charge is 0.325 e. The summed E-state index contributed by atoms with van der Waals surface area (Å²) < 4.78 is 0.707. The summed E-state index contributed by atoms with van der Waals surface area (Å²) >= 11 is 15.3. The van der Waals surface area contributed by atoms with Crippen LogP contribution >= 0.6 is 39.1 Å². The van der Waals surface area contributed by atoms with Crippen LogP contribution < -0.4 is 10.6 Å². The first-order valence-electron chi connectivity index (χ1n) is 8.27. The van der Waals surface area contributed by atoms with Gasteiger partial charge in [-0.15, -0.1) is 0 Å². The number of hydrogen-bond acceptors (Lipinski definition) is 3. The maximum Gasteiger partial charge on any atom is 0.325 e. The molecule has 1 saturated heterocycles. The highest BCUT2D eigenvalue weighted by Crippen LogP contribution is 2.33. The summed E-state index contributed by atoms with van der Waals surface area (Å²) in [5.41, 5.74) is 0.714. The summed E-state index contributed by atoms with van der Waals surface area (Å²) in [5, 5.41) is 5.92. The van der Waals surface area contributed by atoms with E-state index in [1.807, 2.05) is 19.1 Å². The van der Waals surface area contributed by atoms with Crippen molar-refractivity contribution >= 4 is 62.7 Å². The number of rotatable bonds is 4. The third-order valence-corrected chi connectivity index (χ3v) is 5.87. The van der Waals surface area contributed by atoms with Gasteiger partial charge in [-0.25, -0.2) is 4.79 Å². The summed E-state index contributed by atoms with van der Waals surface area (Å²) in [6.07, 6.45) is 0. The van der Waals surface area contributed by atoms with Gasteiger partial charge >= 0.3 is 6.03 Å². The standard InChI is InChI=1S/C19H16BrCl2N3O3/c1-10-3-6-15(12(20)7-10)23-16(26)9-25-17(27)19(2,24-18(25)28)11-4-5-13(21)14(22)8-11/h3-8H,9H2,1-2H3,(H,23,26)(H,24,28). The van der Waals surface area contributed by atoms with Crippen LogP contribution in [0.1, 0.15) is 18.1 Å². The van der Waals surface area contributed by atoms with Crippen LogP contribution in [0.5, 0.6) is 0 Å². The Hall–Kier alpha value is -2.09. The Balaban J connectivity index is 1.77. The van der Waals surface area contributed by atoms with E-state index >= 15 is 0 Å². The minimum absolute atomic E-state index is 0.267. The number of amides is 4. The predicted octanol–water partition coefficient (Wildman–Crippen LogP) is 4.47. The Labute approximate surface area is 180 Å². The number of urea groups is 1. The fraction of sp³-hybridized carbons (Fsp3) is 0.211. The lowest BCUT2D eigenvalue weighted by Crippen LogP contribution is -2.42. The van der Waals surface area contributed by atoms with Gasteiger partial charge in [0.15, 0.2) is 0 Å². The van der Waals surface area contributed by atoms with Crippen LogP contribution in [0.2, 0.25) is 10.0 Å². The fourth-order valence-electron chi connectivity index (χ4n) is 2.90. The van der Waals surface area contributed by atoms with E-state index in [1.54, 1.807) is 25.1 Å². The van der Waals surface area contributed by atoms with E-state index < -0.39 is 29.9 Å². The van der Waals surface area contributed by atoms with Gasteiger partial charge in [-0.2, -0.15) is 0 Å². The molecule has 1 aliphatic heterocycles. The number of nitrogens with one attached hydrogen (secondary N) is 2. The first-order chi connectivity index (χ1) is 13.1. The second kappa shape index (κ2) is 7.73. The van der Waals surface area contributed by atoms with Crippen LogP contribution in [-0.2, 0) is 15.1 Å². The number of nitrogens with zero attached hydrogens (tertiary/aromatic N) is 1. The van der Waals surface area contributed by atoms with Crippen molar-refractivity contribution in [3.8, 4) is 0 Å². The molecule has 1 aliphatic rings. The van der Waals surface area contributed by atoms with Crippen molar-refractivity contribution in [2.24, 2.45) is 0 Å². The van der Waals surface area contributed by atoms with Gasteiger partial charge in [0, 0.05) is 4.47 Å². The van der Waals surface area contributed by atoms with Gasteiger partial charge in [0.2, 0.25) is 5.91 Å². The molecule has 28 heavy (non-hydrogen) atoms. The Morgan fingerprint density at radius 2 is 1.89 bits per heavy atom. The van der Waals surface area contributed by atoms with Crippen molar-refractivity contribution < 1.29 is 14.4 Å². The van der Waals surface area contributed by atoms with Crippen molar-refractivity contribution in [3.63, 3.8) is 0 Å². The minimum atomic E-state index is -1.34. The van der Waals surface area contributed by atoms with E-state index in [4.69, 9.17) is 23.2 Å². The third kappa shape index (κ3) is 3.87. The molecule has 1 heterocycles. The van der Waals surface area contributed by atoms with E-state index in [0.717, 1.165) is 10.5 Å². The molecule has 2 aromatic carbocycles. The summed E-state index contributed by atoms with van der Waals surface area (Å²) in [7, 11) is 0. The molecule has 6 nitrogen and oxygen atoms in total. The van der Waals surface area contributed by atoms with Crippen LogP contribution in [0.25, 0.3) is 0 Å². The van der Waals surface area contributed by atoms with Gasteiger partial charge < -0.3 is 10.6 Å². The third-order valence-electron chi connectivity index (χ3n) is 4.47. The molecule has 0 spiro atoms.